The van der Waals surface area contributed by atoms with Gasteiger partial charge in [0.25, 0.3) is 17.7 Å². The Labute approximate surface area is 214 Å². The van der Waals surface area contributed by atoms with Crippen LogP contribution in [0, 0.1) is 5.92 Å². The van der Waals surface area contributed by atoms with Crippen molar-refractivity contribution in [2.24, 2.45) is 5.92 Å². The molecule has 4 rings (SSSR count). The molecule has 188 valence electrons. The molecule has 0 radical (unpaired) electrons. The molecule has 0 aliphatic carbocycles. The highest BCUT2D eigenvalue weighted by Crippen LogP contribution is 2.32. The van der Waals surface area contributed by atoms with E-state index < -0.39 is 17.8 Å². The summed E-state index contributed by atoms with van der Waals surface area (Å²) in [6.07, 6.45) is 2.70. The van der Waals surface area contributed by atoms with Crippen LogP contribution >= 0.6 is 11.6 Å². The van der Waals surface area contributed by atoms with Crippen molar-refractivity contribution < 1.29 is 23.9 Å². The first-order valence-electron chi connectivity index (χ1n) is 12.0. The summed E-state index contributed by atoms with van der Waals surface area (Å²) in [7, 11) is 0. The fourth-order valence-corrected chi connectivity index (χ4v) is 4.59. The van der Waals surface area contributed by atoms with E-state index >= 15 is 0 Å². The lowest BCUT2D eigenvalue weighted by Gasteiger charge is -2.31. The van der Waals surface area contributed by atoms with Crippen LogP contribution in [-0.4, -0.2) is 48.3 Å². The minimum absolute atomic E-state index is 0.0831. The standard InChI is InChI=1S/C27H28ClN3O5/c1-3-14-36-27(35)20-11-4-5-12-21(20)31-25(33)22(28)23(26(31)34)29-19-10-6-9-18(15-19)24(32)30-13-7-8-17(2)16-30/h4-6,9-12,15,17,29H,3,7-8,13-14,16H2,1-2H3. The van der Waals surface area contributed by atoms with Gasteiger partial charge in [-0.2, -0.15) is 0 Å². The average molecular weight is 510 g/mol. The molecule has 8 nitrogen and oxygen atoms in total. The first-order chi connectivity index (χ1) is 17.3. The van der Waals surface area contributed by atoms with E-state index in [0.29, 0.717) is 36.7 Å². The molecule has 0 spiro atoms. The molecule has 0 aromatic heterocycles. The highest BCUT2D eigenvalue weighted by Gasteiger charge is 2.40. The van der Waals surface area contributed by atoms with Crippen LogP contribution in [0.2, 0.25) is 0 Å². The van der Waals surface area contributed by atoms with E-state index in [1.165, 1.54) is 12.1 Å². The second kappa shape index (κ2) is 11.0. The van der Waals surface area contributed by atoms with Gasteiger partial charge in [0.2, 0.25) is 0 Å². The number of imide groups is 1. The molecule has 0 saturated carbocycles. The van der Waals surface area contributed by atoms with E-state index in [2.05, 4.69) is 12.2 Å². The Balaban J connectivity index is 1.56. The van der Waals surface area contributed by atoms with Gasteiger partial charge in [0, 0.05) is 24.3 Å². The number of hydrogen-bond acceptors (Lipinski definition) is 6. The van der Waals surface area contributed by atoms with Gasteiger partial charge >= 0.3 is 5.97 Å². The van der Waals surface area contributed by atoms with Gasteiger partial charge in [-0.25, -0.2) is 9.69 Å². The van der Waals surface area contributed by atoms with Crippen molar-refractivity contribution >= 4 is 46.7 Å². The quantitative estimate of drug-likeness (QED) is 0.434. The SMILES string of the molecule is CCCOC(=O)c1ccccc1N1C(=O)C(Cl)=C(Nc2cccc(C(=O)N3CCCC(C)C3)c2)C1=O. The fourth-order valence-electron chi connectivity index (χ4n) is 4.37. The molecule has 2 aliphatic rings. The van der Waals surface area contributed by atoms with Crippen LogP contribution in [-0.2, 0) is 14.3 Å². The van der Waals surface area contributed by atoms with Crippen molar-refractivity contribution in [3.63, 3.8) is 0 Å². The molecule has 2 heterocycles. The Hall–Kier alpha value is -3.65. The summed E-state index contributed by atoms with van der Waals surface area (Å²) in [5, 5.41) is 2.60. The molecule has 2 aromatic carbocycles. The third-order valence-corrected chi connectivity index (χ3v) is 6.50. The number of hydrogen-bond donors (Lipinski definition) is 1. The predicted octanol–water partition coefficient (Wildman–Crippen LogP) is 4.56. The lowest BCUT2D eigenvalue weighted by molar-refractivity contribution is -0.120. The van der Waals surface area contributed by atoms with Crippen LogP contribution in [0.15, 0.2) is 59.3 Å². The van der Waals surface area contributed by atoms with Crippen molar-refractivity contribution in [1.29, 1.82) is 0 Å². The number of halogens is 1. The van der Waals surface area contributed by atoms with E-state index in [9.17, 15) is 19.2 Å². The summed E-state index contributed by atoms with van der Waals surface area (Å²) in [6, 6.07) is 13.0. The molecule has 1 saturated heterocycles. The number of esters is 1. The summed E-state index contributed by atoms with van der Waals surface area (Å²) < 4.78 is 5.20. The maximum atomic E-state index is 13.3. The summed E-state index contributed by atoms with van der Waals surface area (Å²) in [5.74, 6) is -1.73. The number of para-hydroxylation sites is 1. The van der Waals surface area contributed by atoms with Crippen molar-refractivity contribution in [3.8, 4) is 0 Å². The topological polar surface area (TPSA) is 96.0 Å². The van der Waals surface area contributed by atoms with Crippen LogP contribution in [0.3, 0.4) is 0 Å². The highest BCUT2D eigenvalue weighted by atomic mass is 35.5. The number of benzene rings is 2. The average Bonchev–Trinajstić information content (AvgIpc) is 3.09. The number of ether oxygens (including phenoxy) is 1. The van der Waals surface area contributed by atoms with Gasteiger partial charge < -0.3 is 15.0 Å². The van der Waals surface area contributed by atoms with Gasteiger partial charge in [-0.3, -0.25) is 14.4 Å². The molecule has 1 fully saturated rings. The Kier molecular flexibility index (Phi) is 7.74. The van der Waals surface area contributed by atoms with Crippen molar-refractivity contribution in [3.05, 3.63) is 70.4 Å². The molecule has 9 heteroatoms. The third kappa shape index (κ3) is 5.14. The van der Waals surface area contributed by atoms with E-state index in [1.54, 1.807) is 36.4 Å². The predicted molar refractivity (Wildman–Crippen MR) is 137 cm³/mol. The van der Waals surface area contributed by atoms with Gasteiger partial charge in [-0.05, 0) is 55.5 Å². The third-order valence-electron chi connectivity index (χ3n) is 6.15. The normalized spacial score (nSPS) is 18.0. The molecular weight excluding hydrogens is 482 g/mol. The molecule has 1 atom stereocenters. The Morgan fingerprint density at radius 1 is 1.11 bits per heavy atom. The maximum absolute atomic E-state index is 13.3. The second-order valence-electron chi connectivity index (χ2n) is 8.99. The molecule has 2 aliphatic heterocycles. The molecule has 36 heavy (non-hydrogen) atoms. The van der Waals surface area contributed by atoms with E-state index in [0.717, 1.165) is 17.7 Å². The number of likely N-dealkylation sites (tertiary alicyclic amines) is 1. The first-order valence-corrected chi connectivity index (χ1v) is 12.4. The number of rotatable bonds is 7. The van der Waals surface area contributed by atoms with Gasteiger partial charge in [0.15, 0.2) is 0 Å². The minimum Gasteiger partial charge on any atom is -0.462 e. The summed E-state index contributed by atoms with van der Waals surface area (Å²) >= 11 is 6.29. The van der Waals surface area contributed by atoms with Crippen LogP contribution in [0.1, 0.15) is 53.8 Å². The zero-order valence-corrected chi connectivity index (χ0v) is 21.0. The molecule has 1 N–H and O–H groups in total. The number of carbonyl (C=O) groups excluding carboxylic acids is 4. The number of nitrogens with one attached hydrogen (secondary N) is 1. The molecule has 3 amide bonds. The number of piperidine rings is 1. The Morgan fingerprint density at radius 3 is 2.64 bits per heavy atom. The monoisotopic (exact) mass is 509 g/mol. The van der Waals surface area contributed by atoms with Crippen LogP contribution in [0.4, 0.5) is 11.4 Å². The first kappa shape index (κ1) is 25.4. The highest BCUT2D eigenvalue weighted by molar-refractivity contribution is 6.53. The van der Waals surface area contributed by atoms with Crippen LogP contribution < -0.4 is 10.2 Å². The number of nitrogens with zero attached hydrogens (tertiary/aromatic N) is 2. The molecular formula is C27H28ClN3O5. The fraction of sp³-hybridized carbons (Fsp3) is 0.333. The summed E-state index contributed by atoms with van der Waals surface area (Å²) in [6.45, 7) is 5.62. The zero-order chi connectivity index (χ0) is 25.8. The zero-order valence-electron chi connectivity index (χ0n) is 20.3. The number of carbonyl (C=O) groups is 4. The minimum atomic E-state index is -0.755. The molecule has 1 unspecified atom stereocenters. The summed E-state index contributed by atoms with van der Waals surface area (Å²) in [5.41, 5.74) is 0.962. The number of amides is 3. The van der Waals surface area contributed by atoms with Gasteiger partial charge in [0.05, 0.1) is 17.9 Å². The van der Waals surface area contributed by atoms with E-state index in [4.69, 9.17) is 16.3 Å². The van der Waals surface area contributed by atoms with Gasteiger partial charge in [0.1, 0.15) is 10.7 Å². The molecule has 0 bridgehead atoms. The molecule has 2 aromatic rings. The largest absolute Gasteiger partial charge is 0.462 e. The van der Waals surface area contributed by atoms with Crippen molar-refractivity contribution in [2.75, 3.05) is 29.9 Å². The lowest BCUT2D eigenvalue weighted by Crippen LogP contribution is -2.39. The maximum Gasteiger partial charge on any atom is 0.340 e. The van der Waals surface area contributed by atoms with Crippen molar-refractivity contribution in [2.45, 2.75) is 33.1 Å². The number of anilines is 2. The summed E-state index contributed by atoms with van der Waals surface area (Å²) in [4.78, 5) is 54.5. The van der Waals surface area contributed by atoms with E-state index in [1.807, 2.05) is 11.8 Å². The van der Waals surface area contributed by atoms with E-state index in [-0.39, 0.29) is 34.5 Å². The smallest absolute Gasteiger partial charge is 0.340 e. The second-order valence-corrected chi connectivity index (χ2v) is 9.37. The van der Waals surface area contributed by atoms with Gasteiger partial charge in [-0.1, -0.05) is 43.6 Å². The lowest BCUT2D eigenvalue weighted by atomic mass is 9.99. The Morgan fingerprint density at radius 2 is 1.89 bits per heavy atom. The van der Waals surface area contributed by atoms with Crippen LogP contribution in [0.25, 0.3) is 0 Å². The van der Waals surface area contributed by atoms with Crippen molar-refractivity contribution in [1.82, 2.24) is 4.90 Å². The Bertz CT molecular complexity index is 1240. The van der Waals surface area contributed by atoms with Crippen LogP contribution in [0.5, 0.6) is 0 Å². The van der Waals surface area contributed by atoms with Gasteiger partial charge in [-0.15, -0.1) is 0 Å².